The van der Waals surface area contributed by atoms with Crippen LogP contribution in [0.25, 0.3) is 0 Å². The Morgan fingerprint density at radius 1 is 1.47 bits per heavy atom. The summed E-state index contributed by atoms with van der Waals surface area (Å²) in [7, 11) is 1.71. The molecule has 0 radical (unpaired) electrons. The summed E-state index contributed by atoms with van der Waals surface area (Å²) in [6, 6.07) is 0. The molecule has 0 aromatic rings. The van der Waals surface area contributed by atoms with Gasteiger partial charge in [-0.05, 0) is 19.8 Å². The first-order valence-electron chi connectivity index (χ1n) is 5.57. The zero-order valence-corrected chi connectivity index (χ0v) is 10.3. The second-order valence-electron chi connectivity index (χ2n) is 4.23. The summed E-state index contributed by atoms with van der Waals surface area (Å²) in [5.74, 6) is 0.0379. The van der Waals surface area contributed by atoms with Crippen LogP contribution in [0.5, 0.6) is 0 Å². The Balaban J connectivity index is 4.63. The summed E-state index contributed by atoms with van der Waals surface area (Å²) in [5.41, 5.74) is 5.23. The van der Waals surface area contributed by atoms with E-state index in [1.165, 1.54) is 0 Å². The van der Waals surface area contributed by atoms with Gasteiger partial charge in [0.2, 0.25) is 5.91 Å². The summed E-state index contributed by atoms with van der Waals surface area (Å²) < 4.78 is 0. The average molecular weight is 216 g/mol. The molecule has 0 saturated heterocycles. The van der Waals surface area contributed by atoms with Crippen molar-refractivity contribution in [3.8, 4) is 0 Å². The molecule has 4 nitrogen and oxygen atoms in total. The SMILES string of the molecule is CCC(CC)(CN)C(=O)N(C)CC(C)O. The highest BCUT2D eigenvalue weighted by molar-refractivity contribution is 5.82. The van der Waals surface area contributed by atoms with Crippen molar-refractivity contribution in [2.75, 3.05) is 20.1 Å². The van der Waals surface area contributed by atoms with Gasteiger partial charge in [-0.25, -0.2) is 0 Å². The van der Waals surface area contributed by atoms with Gasteiger partial charge in [0.15, 0.2) is 0 Å². The fourth-order valence-corrected chi connectivity index (χ4v) is 1.81. The maximum absolute atomic E-state index is 12.1. The predicted octanol–water partition coefficient (Wildman–Crippen LogP) is 0.591. The second kappa shape index (κ2) is 6.08. The van der Waals surface area contributed by atoms with Gasteiger partial charge >= 0.3 is 0 Å². The van der Waals surface area contributed by atoms with E-state index in [4.69, 9.17) is 5.73 Å². The molecule has 0 aliphatic carbocycles. The minimum atomic E-state index is -0.497. The Morgan fingerprint density at radius 3 is 2.20 bits per heavy atom. The predicted molar refractivity (Wildman–Crippen MR) is 61.4 cm³/mol. The fourth-order valence-electron chi connectivity index (χ4n) is 1.81. The molecule has 0 aromatic carbocycles. The monoisotopic (exact) mass is 216 g/mol. The molecule has 3 N–H and O–H groups in total. The van der Waals surface area contributed by atoms with Crippen molar-refractivity contribution in [2.45, 2.75) is 39.7 Å². The van der Waals surface area contributed by atoms with Crippen LogP contribution in [0.2, 0.25) is 0 Å². The van der Waals surface area contributed by atoms with Crippen LogP contribution in [-0.2, 0) is 4.79 Å². The Kier molecular flexibility index (Phi) is 5.83. The molecule has 0 bridgehead atoms. The normalized spacial score (nSPS) is 13.7. The lowest BCUT2D eigenvalue weighted by Gasteiger charge is -2.33. The molecule has 0 aromatic heterocycles. The largest absolute Gasteiger partial charge is 0.392 e. The van der Waals surface area contributed by atoms with Crippen molar-refractivity contribution in [2.24, 2.45) is 11.1 Å². The standard InChI is InChI=1S/C11H24N2O2/c1-5-11(6-2,8-12)10(15)13(4)7-9(3)14/h9,14H,5-8,12H2,1-4H3. The molecular formula is C11H24N2O2. The first kappa shape index (κ1) is 14.4. The summed E-state index contributed by atoms with van der Waals surface area (Å²) in [5, 5.41) is 9.23. The zero-order chi connectivity index (χ0) is 12.1. The van der Waals surface area contributed by atoms with Crippen LogP contribution >= 0.6 is 0 Å². The fraction of sp³-hybridized carbons (Fsp3) is 0.909. The van der Waals surface area contributed by atoms with Crippen LogP contribution < -0.4 is 5.73 Å². The summed E-state index contributed by atoms with van der Waals surface area (Å²) in [6.45, 7) is 6.35. The highest BCUT2D eigenvalue weighted by Gasteiger charge is 2.35. The highest BCUT2D eigenvalue weighted by Crippen LogP contribution is 2.27. The van der Waals surface area contributed by atoms with E-state index in [0.717, 1.165) is 12.8 Å². The zero-order valence-electron chi connectivity index (χ0n) is 10.3. The molecule has 15 heavy (non-hydrogen) atoms. The van der Waals surface area contributed by atoms with E-state index in [1.54, 1.807) is 18.9 Å². The minimum Gasteiger partial charge on any atom is -0.392 e. The van der Waals surface area contributed by atoms with Gasteiger partial charge in [-0.15, -0.1) is 0 Å². The van der Waals surface area contributed by atoms with E-state index in [0.29, 0.717) is 13.1 Å². The summed E-state index contributed by atoms with van der Waals surface area (Å²) in [4.78, 5) is 13.7. The number of aliphatic hydroxyl groups excluding tert-OH is 1. The van der Waals surface area contributed by atoms with Gasteiger partial charge in [0.25, 0.3) is 0 Å². The molecule has 1 unspecified atom stereocenters. The van der Waals surface area contributed by atoms with Crippen LogP contribution in [-0.4, -0.2) is 42.2 Å². The van der Waals surface area contributed by atoms with Crippen LogP contribution in [0.15, 0.2) is 0 Å². The first-order valence-corrected chi connectivity index (χ1v) is 5.57. The first-order chi connectivity index (χ1) is 6.93. The van der Waals surface area contributed by atoms with Crippen molar-refractivity contribution >= 4 is 5.91 Å². The maximum atomic E-state index is 12.1. The van der Waals surface area contributed by atoms with Crippen molar-refractivity contribution in [1.29, 1.82) is 0 Å². The molecule has 1 atom stereocenters. The van der Waals surface area contributed by atoms with E-state index >= 15 is 0 Å². The Hall–Kier alpha value is -0.610. The number of aliphatic hydroxyl groups is 1. The molecule has 0 aliphatic heterocycles. The van der Waals surface area contributed by atoms with Gasteiger partial charge in [0.1, 0.15) is 0 Å². The van der Waals surface area contributed by atoms with E-state index in [2.05, 4.69) is 0 Å². The third-order valence-electron chi connectivity index (χ3n) is 3.08. The van der Waals surface area contributed by atoms with Crippen molar-refractivity contribution < 1.29 is 9.90 Å². The number of nitrogens with zero attached hydrogens (tertiary/aromatic N) is 1. The number of rotatable bonds is 6. The molecule has 0 spiro atoms. The van der Waals surface area contributed by atoms with Gasteiger partial charge in [-0.3, -0.25) is 4.79 Å². The minimum absolute atomic E-state index is 0.0379. The van der Waals surface area contributed by atoms with Gasteiger partial charge in [-0.2, -0.15) is 0 Å². The number of hydrogen-bond donors (Lipinski definition) is 2. The second-order valence-corrected chi connectivity index (χ2v) is 4.23. The van der Waals surface area contributed by atoms with Gasteiger partial charge in [0, 0.05) is 20.1 Å². The molecule has 0 aliphatic rings. The van der Waals surface area contributed by atoms with Crippen LogP contribution in [0.3, 0.4) is 0 Å². The summed E-state index contributed by atoms with van der Waals surface area (Å²) >= 11 is 0. The van der Waals surface area contributed by atoms with Crippen molar-refractivity contribution in [3.63, 3.8) is 0 Å². The quantitative estimate of drug-likeness (QED) is 0.683. The average Bonchev–Trinajstić information content (AvgIpc) is 2.20. The molecule has 0 rings (SSSR count). The third kappa shape index (κ3) is 3.47. The highest BCUT2D eigenvalue weighted by atomic mass is 16.3. The molecule has 0 fully saturated rings. The van der Waals surface area contributed by atoms with Gasteiger partial charge in [-0.1, -0.05) is 13.8 Å². The van der Waals surface area contributed by atoms with Crippen molar-refractivity contribution in [3.05, 3.63) is 0 Å². The number of hydrogen-bond acceptors (Lipinski definition) is 3. The van der Waals surface area contributed by atoms with Crippen LogP contribution in [0.4, 0.5) is 0 Å². The maximum Gasteiger partial charge on any atom is 0.229 e. The lowest BCUT2D eigenvalue weighted by molar-refractivity contribution is -0.142. The third-order valence-corrected chi connectivity index (χ3v) is 3.08. The van der Waals surface area contributed by atoms with Crippen LogP contribution in [0, 0.1) is 5.41 Å². The molecule has 4 heteroatoms. The lowest BCUT2D eigenvalue weighted by atomic mass is 9.81. The van der Waals surface area contributed by atoms with Crippen molar-refractivity contribution in [1.82, 2.24) is 4.90 Å². The lowest BCUT2D eigenvalue weighted by Crippen LogP contribution is -2.47. The number of carbonyl (C=O) groups is 1. The molecule has 1 amide bonds. The smallest absolute Gasteiger partial charge is 0.229 e. The topological polar surface area (TPSA) is 66.6 Å². The van der Waals surface area contributed by atoms with E-state index in [9.17, 15) is 9.90 Å². The number of amides is 1. The Morgan fingerprint density at radius 2 is 1.93 bits per heavy atom. The van der Waals surface area contributed by atoms with E-state index < -0.39 is 11.5 Å². The van der Waals surface area contributed by atoms with Gasteiger partial charge < -0.3 is 15.7 Å². The molecule has 0 heterocycles. The summed E-state index contributed by atoms with van der Waals surface area (Å²) in [6.07, 6.45) is 0.981. The van der Waals surface area contributed by atoms with Crippen LogP contribution in [0.1, 0.15) is 33.6 Å². The van der Waals surface area contributed by atoms with E-state index in [1.807, 2.05) is 13.8 Å². The van der Waals surface area contributed by atoms with E-state index in [-0.39, 0.29) is 5.91 Å². The number of nitrogens with two attached hydrogens (primary N) is 1. The Bertz CT molecular complexity index is 192. The number of likely N-dealkylation sites (N-methyl/N-ethyl adjacent to an activating group) is 1. The Labute approximate surface area is 92.4 Å². The van der Waals surface area contributed by atoms with Gasteiger partial charge in [0.05, 0.1) is 11.5 Å². The number of carbonyl (C=O) groups excluding carboxylic acids is 1. The molecule has 0 saturated carbocycles. The molecule has 90 valence electrons. The molecular weight excluding hydrogens is 192 g/mol.